The Kier molecular flexibility index (Phi) is 3.45. The minimum absolute atomic E-state index is 0.199. The zero-order chi connectivity index (χ0) is 12.3. The molecule has 0 heterocycles. The van der Waals surface area contributed by atoms with Gasteiger partial charge in [0.2, 0.25) is 10.0 Å². The lowest BCUT2D eigenvalue weighted by atomic mass is 10.3. The van der Waals surface area contributed by atoms with Gasteiger partial charge in [0.1, 0.15) is 11.5 Å². The molecule has 6 nitrogen and oxygen atoms in total. The quantitative estimate of drug-likeness (QED) is 0.774. The lowest BCUT2D eigenvalue weighted by Gasteiger charge is -2.18. The number of rotatable bonds is 3. The van der Waals surface area contributed by atoms with E-state index in [2.05, 4.69) is 0 Å². The van der Waals surface area contributed by atoms with Crippen molar-refractivity contribution in [2.45, 2.75) is 0 Å². The zero-order valence-corrected chi connectivity index (χ0v) is 9.03. The first kappa shape index (κ1) is 12.4. The molecule has 1 rings (SSSR count). The third-order valence-corrected chi connectivity index (χ3v) is 2.06. The minimum Gasteiger partial charge on any atom is -0.464 e. The van der Waals surface area contributed by atoms with Gasteiger partial charge in [-0.1, -0.05) is 12.1 Å². The molecule has 0 bridgehead atoms. The number of nitrogens with one attached hydrogen (secondary N) is 1. The lowest BCUT2D eigenvalue weighted by Crippen LogP contribution is -2.45. The van der Waals surface area contributed by atoms with Crippen LogP contribution in [0.4, 0.5) is 14.9 Å². The number of carbonyl (C=O) groups is 1. The van der Waals surface area contributed by atoms with Crippen LogP contribution in [0.15, 0.2) is 24.3 Å². The van der Waals surface area contributed by atoms with Crippen molar-refractivity contribution in [2.24, 2.45) is 0 Å². The van der Waals surface area contributed by atoms with Crippen molar-refractivity contribution in [1.82, 2.24) is 4.83 Å². The molecule has 1 aromatic carbocycles. The monoisotopic (exact) mass is 248 g/mol. The number of anilines is 1. The number of amides is 1. The van der Waals surface area contributed by atoms with E-state index in [0.717, 1.165) is 18.4 Å². The fourth-order valence-corrected chi connectivity index (χ4v) is 1.50. The van der Waals surface area contributed by atoms with Gasteiger partial charge in [0.15, 0.2) is 0 Å². The Morgan fingerprint density at radius 3 is 2.44 bits per heavy atom. The van der Waals surface area contributed by atoms with Crippen LogP contribution < -0.4 is 9.84 Å². The fourth-order valence-electron chi connectivity index (χ4n) is 0.990. The summed E-state index contributed by atoms with van der Waals surface area (Å²) in [5.74, 6) is -0.846. The van der Waals surface area contributed by atoms with E-state index < -0.39 is 21.9 Å². The summed E-state index contributed by atoms with van der Waals surface area (Å²) in [4.78, 5) is 12.4. The van der Waals surface area contributed by atoms with E-state index in [0.29, 0.717) is 0 Å². The van der Waals surface area contributed by atoms with Crippen molar-refractivity contribution >= 4 is 21.8 Å². The first-order valence-electron chi connectivity index (χ1n) is 4.06. The fraction of sp³-hybridized carbons (Fsp3) is 0.125. The van der Waals surface area contributed by atoms with Crippen molar-refractivity contribution in [3.8, 4) is 0 Å². The van der Waals surface area contributed by atoms with Gasteiger partial charge in [-0.3, -0.25) is 0 Å². The SMILES string of the molecule is CS(=O)(=O)NN(C(=O)O)c1ccccc1F. The van der Waals surface area contributed by atoms with Crippen LogP contribution in [-0.4, -0.2) is 25.9 Å². The average molecular weight is 248 g/mol. The first-order chi connectivity index (χ1) is 7.31. The Morgan fingerprint density at radius 1 is 1.44 bits per heavy atom. The van der Waals surface area contributed by atoms with Gasteiger partial charge >= 0.3 is 6.09 Å². The van der Waals surface area contributed by atoms with E-state index in [1.165, 1.54) is 12.1 Å². The van der Waals surface area contributed by atoms with Gasteiger partial charge in [-0.25, -0.2) is 17.6 Å². The summed E-state index contributed by atoms with van der Waals surface area (Å²) in [5.41, 5.74) is -0.388. The highest BCUT2D eigenvalue weighted by Gasteiger charge is 2.21. The molecule has 16 heavy (non-hydrogen) atoms. The Bertz CT molecular complexity index is 503. The number of nitrogens with zero attached hydrogens (tertiary/aromatic N) is 1. The molecule has 0 aliphatic rings. The van der Waals surface area contributed by atoms with Gasteiger partial charge in [0.25, 0.3) is 0 Å². The summed E-state index contributed by atoms with van der Waals surface area (Å²) in [5, 5.41) is 8.95. The number of benzene rings is 1. The van der Waals surface area contributed by atoms with Crippen LogP contribution in [0.2, 0.25) is 0 Å². The molecule has 0 unspecified atom stereocenters. The number of carboxylic acid groups (broad SMARTS) is 1. The van der Waals surface area contributed by atoms with Gasteiger partial charge in [-0.15, -0.1) is 4.83 Å². The van der Waals surface area contributed by atoms with Gasteiger partial charge in [-0.05, 0) is 12.1 Å². The molecular weight excluding hydrogens is 239 g/mol. The molecule has 0 fully saturated rings. The first-order valence-corrected chi connectivity index (χ1v) is 5.95. The minimum atomic E-state index is -3.80. The molecular formula is C8H9FN2O4S. The van der Waals surface area contributed by atoms with Crippen molar-refractivity contribution < 1.29 is 22.7 Å². The Morgan fingerprint density at radius 2 is 2.00 bits per heavy atom. The predicted molar refractivity (Wildman–Crippen MR) is 54.9 cm³/mol. The third kappa shape index (κ3) is 3.17. The van der Waals surface area contributed by atoms with E-state index in [-0.39, 0.29) is 10.7 Å². The Labute approximate surface area is 91.3 Å². The van der Waals surface area contributed by atoms with Gasteiger partial charge in [0.05, 0.1) is 6.26 Å². The van der Waals surface area contributed by atoms with Gasteiger partial charge in [-0.2, -0.15) is 5.01 Å². The van der Waals surface area contributed by atoms with E-state index in [1.54, 1.807) is 4.83 Å². The second kappa shape index (κ2) is 4.45. The maximum Gasteiger partial charge on any atom is 0.427 e. The molecule has 0 aromatic heterocycles. The maximum atomic E-state index is 13.2. The molecule has 8 heteroatoms. The lowest BCUT2D eigenvalue weighted by molar-refractivity contribution is 0.200. The number of hydrazine groups is 1. The molecule has 88 valence electrons. The van der Waals surface area contributed by atoms with Crippen LogP contribution in [0.25, 0.3) is 0 Å². The molecule has 0 aliphatic heterocycles. The average Bonchev–Trinajstić information content (AvgIpc) is 2.13. The summed E-state index contributed by atoms with van der Waals surface area (Å²) in [7, 11) is -3.80. The largest absolute Gasteiger partial charge is 0.464 e. The second-order valence-corrected chi connectivity index (χ2v) is 4.66. The number of para-hydroxylation sites is 1. The summed E-state index contributed by atoms with van der Waals surface area (Å²) in [6.45, 7) is 0. The Balaban J connectivity index is 3.14. The van der Waals surface area contributed by atoms with Crippen molar-refractivity contribution in [3.05, 3.63) is 30.1 Å². The smallest absolute Gasteiger partial charge is 0.427 e. The normalized spacial score (nSPS) is 11.1. The highest BCUT2D eigenvalue weighted by molar-refractivity contribution is 7.88. The van der Waals surface area contributed by atoms with E-state index in [9.17, 15) is 17.6 Å². The molecule has 2 N–H and O–H groups in total. The summed E-state index contributed by atoms with van der Waals surface area (Å²) in [6, 6.07) is 4.91. The van der Waals surface area contributed by atoms with Crippen molar-refractivity contribution in [3.63, 3.8) is 0 Å². The van der Waals surface area contributed by atoms with Crippen LogP contribution in [0.5, 0.6) is 0 Å². The molecule has 0 radical (unpaired) electrons. The van der Waals surface area contributed by atoms with Crippen LogP contribution in [0.1, 0.15) is 0 Å². The highest BCUT2D eigenvalue weighted by Crippen LogP contribution is 2.17. The Hall–Kier alpha value is -1.67. The molecule has 0 aliphatic carbocycles. The second-order valence-electron chi connectivity index (χ2n) is 2.93. The van der Waals surface area contributed by atoms with Crippen LogP contribution in [0, 0.1) is 5.82 Å². The molecule has 0 saturated carbocycles. The van der Waals surface area contributed by atoms with E-state index in [4.69, 9.17) is 5.11 Å². The topological polar surface area (TPSA) is 86.7 Å². The number of halogens is 1. The molecule has 1 aromatic rings. The highest BCUT2D eigenvalue weighted by atomic mass is 32.2. The zero-order valence-electron chi connectivity index (χ0n) is 8.21. The van der Waals surface area contributed by atoms with Crippen LogP contribution in [0.3, 0.4) is 0 Å². The standard InChI is InChI=1S/C8H9FN2O4S/c1-16(14,15)10-11(8(12)13)7-5-3-2-4-6(7)9/h2-5,10H,1H3,(H,12,13). The van der Waals surface area contributed by atoms with Gasteiger partial charge in [0, 0.05) is 0 Å². The van der Waals surface area contributed by atoms with Crippen LogP contribution in [-0.2, 0) is 10.0 Å². The molecule has 0 spiro atoms. The van der Waals surface area contributed by atoms with E-state index >= 15 is 0 Å². The van der Waals surface area contributed by atoms with E-state index in [1.807, 2.05) is 0 Å². The summed E-state index contributed by atoms with van der Waals surface area (Å²) >= 11 is 0. The number of hydrogen-bond acceptors (Lipinski definition) is 3. The van der Waals surface area contributed by atoms with Crippen LogP contribution >= 0.6 is 0 Å². The third-order valence-electron chi connectivity index (χ3n) is 1.54. The van der Waals surface area contributed by atoms with Crippen molar-refractivity contribution in [1.29, 1.82) is 0 Å². The summed E-state index contributed by atoms with van der Waals surface area (Å²) < 4.78 is 35.0. The molecule has 0 saturated heterocycles. The van der Waals surface area contributed by atoms with Gasteiger partial charge < -0.3 is 5.11 Å². The number of sulfonamides is 1. The molecule has 0 atom stereocenters. The number of hydrogen-bond donors (Lipinski definition) is 2. The summed E-state index contributed by atoms with van der Waals surface area (Å²) in [6.07, 6.45) is -0.861. The maximum absolute atomic E-state index is 13.2. The molecule has 1 amide bonds. The predicted octanol–water partition coefficient (Wildman–Crippen LogP) is 0.774. The van der Waals surface area contributed by atoms with Crippen molar-refractivity contribution in [2.75, 3.05) is 11.3 Å².